The van der Waals surface area contributed by atoms with Crippen molar-refractivity contribution in [2.24, 2.45) is 11.8 Å². The molecule has 4 rings (SSSR count). The smallest absolute Gasteiger partial charge is 0.310 e. The number of esters is 1. The van der Waals surface area contributed by atoms with Crippen LogP contribution < -0.4 is 14.9 Å². The molecule has 1 aliphatic heterocycles. The van der Waals surface area contributed by atoms with Crippen molar-refractivity contribution in [3.63, 3.8) is 0 Å². The van der Waals surface area contributed by atoms with Gasteiger partial charge in [-0.05, 0) is 63.3 Å². The number of hydrogen-bond donors (Lipinski definition) is 2. The molecule has 1 saturated heterocycles. The van der Waals surface area contributed by atoms with E-state index in [0.717, 1.165) is 37.7 Å². The van der Waals surface area contributed by atoms with E-state index in [2.05, 4.69) is 10.0 Å². The number of benzene rings is 2. The molecule has 2 aromatic rings. The summed E-state index contributed by atoms with van der Waals surface area (Å²) in [6.07, 6.45) is 5.23. The highest BCUT2D eigenvalue weighted by Gasteiger charge is 2.31. The Morgan fingerprint density at radius 3 is 2.43 bits per heavy atom. The van der Waals surface area contributed by atoms with Gasteiger partial charge in [0.25, 0.3) is 0 Å². The lowest BCUT2D eigenvalue weighted by atomic mass is 9.97. The standard InChI is InChI=1S/C28H37N3O5S/c1-3-36-28(33)23-14-9-17-31(19-23)25-16-15-24(29-27(32)22-12-7-8-13-22)18-26(25)37(34,35)30-20(2)21-10-5-4-6-11-21/h4-6,10-11,15-16,18,20,22-23,30H,3,7-9,12-14,17,19H2,1-2H3,(H,29,32). The van der Waals surface area contributed by atoms with Crippen LogP contribution in [-0.2, 0) is 24.3 Å². The predicted octanol–water partition coefficient (Wildman–Crippen LogP) is 4.63. The first-order chi connectivity index (χ1) is 17.8. The van der Waals surface area contributed by atoms with Gasteiger partial charge in [-0.1, -0.05) is 43.2 Å². The number of anilines is 2. The summed E-state index contributed by atoms with van der Waals surface area (Å²) in [4.78, 5) is 27.2. The number of nitrogens with one attached hydrogen (secondary N) is 2. The average Bonchev–Trinajstić information content (AvgIpc) is 3.45. The third-order valence-corrected chi connectivity index (χ3v) is 8.83. The van der Waals surface area contributed by atoms with Crippen molar-refractivity contribution >= 4 is 33.3 Å². The van der Waals surface area contributed by atoms with Crippen LogP contribution in [0.5, 0.6) is 0 Å². The van der Waals surface area contributed by atoms with Gasteiger partial charge in [-0.15, -0.1) is 0 Å². The summed E-state index contributed by atoms with van der Waals surface area (Å²) in [5.74, 6) is -0.682. The quantitative estimate of drug-likeness (QED) is 0.461. The highest BCUT2D eigenvalue weighted by molar-refractivity contribution is 7.89. The van der Waals surface area contributed by atoms with Crippen molar-refractivity contribution in [1.82, 2.24) is 4.72 Å². The van der Waals surface area contributed by atoms with Crippen LogP contribution in [0.2, 0.25) is 0 Å². The third kappa shape index (κ3) is 6.70. The predicted molar refractivity (Wildman–Crippen MR) is 144 cm³/mol. The second kappa shape index (κ2) is 12.1. The van der Waals surface area contributed by atoms with E-state index in [1.807, 2.05) is 35.2 Å². The van der Waals surface area contributed by atoms with Crippen LogP contribution in [0, 0.1) is 11.8 Å². The van der Waals surface area contributed by atoms with Crippen LogP contribution in [0.15, 0.2) is 53.4 Å². The number of nitrogens with zero attached hydrogens (tertiary/aromatic N) is 1. The summed E-state index contributed by atoms with van der Waals surface area (Å²) in [6, 6.07) is 13.9. The van der Waals surface area contributed by atoms with E-state index in [9.17, 15) is 18.0 Å². The summed E-state index contributed by atoms with van der Waals surface area (Å²) >= 11 is 0. The molecular weight excluding hydrogens is 490 g/mol. The molecule has 37 heavy (non-hydrogen) atoms. The zero-order chi connectivity index (χ0) is 26.4. The molecule has 2 N–H and O–H groups in total. The number of carbonyl (C=O) groups is 2. The zero-order valence-electron chi connectivity index (χ0n) is 21.6. The fourth-order valence-electron chi connectivity index (χ4n) is 5.26. The van der Waals surface area contributed by atoms with E-state index in [-0.39, 0.29) is 28.6 Å². The molecule has 2 fully saturated rings. The molecule has 2 atom stereocenters. The fourth-order valence-corrected chi connectivity index (χ4v) is 6.74. The Morgan fingerprint density at radius 1 is 1.03 bits per heavy atom. The van der Waals surface area contributed by atoms with Crippen LogP contribution in [0.25, 0.3) is 0 Å². The van der Waals surface area contributed by atoms with Gasteiger partial charge in [0.1, 0.15) is 4.90 Å². The van der Waals surface area contributed by atoms with Crippen molar-refractivity contribution in [1.29, 1.82) is 0 Å². The van der Waals surface area contributed by atoms with Crippen LogP contribution in [0.1, 0.15) is 64.0 Å². The van der Waals surface area contributed by atoms with E-state index in [4.69, 9.17) is 4.74 Å². The van der Waals surface area contributed by atoms with Crippen molar-refractivity contribution in [3.8, 4) is 0 Å². The van der Waals surface area contributed by atoms with Crippen molar-refractivity contribution in [2.75, 3.05) is 29.9 Å². The Kier molecular flexibility index (Phi) is 8.87. The highest BCUT2D eigenvalue weighted by Crippen LogP contribution is 2.34. The van der Waals surface area contributed by atoms with Gasteiger partial charge in [-0.2, -0.15) is 0 Å². The number of carbonyl (C=O) groups excluding carboxylic acids is 2. The van der Waals surface area contributed by atoms with E-state index >= 15 is 0 Å². The molecule has 0 radical (unpaired) electrons. The summed E-state index contributed by atoms with van der Waals surface area (Å²) in [5.41, 5.74) is 1.81. The molecule has 2 aliphatic rings. The number of sulfonamides is 1. The Balaban J connectivity index is 1.64. The molecule has 1 amide bonds. The maximum Gasteiger partial charge on any atom is 0.310 e. The summed E-state index contributed by atoms with van der Waals surface area (Å²) in [5, 5.41) is 2.93. The van der Waals surface area contributed by atoms with Gasteiger partial charge in [0.15, 0.2) is 0 Å². The number of piperidine rings is 1. The molecule has 1 heterocycles. The molecular formula is C28H37N3O5S. The van der Waals surface area contributed by atoms with Crippen LogP contribution in [0.4, 0.5) is 11.4 Å². The second-order valence-corrected chi connectivity index (χ2v) is 11.6. The van der Waals surface area contributed by atoms with Crippen LogP contribution in [-0.4, -0.2) is 40.0 Å². The Morgan fingerprint density at radius 2 is 1.73 bits per heavy atom. The number of ether oxygens (including phenoxy) is 1. The minimum atomic E-state index is -3.97. The molecule has 1 saturated carbocycles. The third-order valence-electron chi connectivity index (χ3n) is 7.26. The van der Waals surface area contributed by atoms with E-state index in [0.29, 0.717) is 37.5 Å². The minimum absolute atomic E-state index is 0.0385. The Hall–Kier alpha value is -2.91. The van der Waals surface area contributed by atoms with Gasteiger partial charge in [0.2, 0.25) is 15.9 Å². The van der Waals surface area contributed by atoms with Gasteiger partial charge in [-0.25, -0.2) is 13.1 Å². The van der Waals surface area contributed by atoms with Crippen molar-refractivity contribution < 1.29 is 22.7 Å². The van der Waals surface area contributed by atoms with Crippen molar-refractivity contribution in [3.05, 3.63) is 54.1 Å². The lowest BCUT2D eigenvalue weighted by Gasteiger charge is -2.34. The van der Waals surface area contributed by atoms with E-state index < -0.39 is 16.1 Å². The Bertz CT molecular complexity index is 1200. The number of amides is 1. The average molecular weight is 528 g/mol. The van der Waals surface area contributed by atoms with E-state index in [1.54, 1.807) is 26.0 Å². The minimum Gasteiger partial charge on any atom is -0.466 e. The van der Waals surface area contributed by atoms with Gasteiger partial charge >= 0.3 is 5.97 Å². The lowest BCUT2D eigenvalue weighted by Crippen LogP contribution is -2.40. The first-order valence-electron chi connectivity index (χ1n) is 13.2. The first kappa shape index (κ1) is 27.1. The first-order valence-corrected chi connectivity index (χ1v) is 14.7. The number of hydrogen-bond acceptors (Lipinski definition) is 6. The molecule has 0 aromatic heterocycles. The molecule has 0 spiro atoms. The topological polar surface area (TPSA) is 105 Å². The molecule has 8 nitrogen and oxygen atoms in total. The Labute approximate surface area is 219 Å². The van der Waals surface area contributed by atoms with Gasteiger partial charge < -0.3 is 15.0 Å². The molecule has 200 valence electrons. The second-order valence-electron chi connectivity index (χ2n) is 9.94. The molecule has 0 bridgehead atoms. The number of rotatable bonds is 9. The van der Waals surface area contributed by atoms with Crippen LogP contribution >= 0.6 is 0 Å². The molecule has 1 aliphatic carbocycles. The van der Waals surface area contributed by atoms with Crippen LogP contribution in [0.3, 0.4) is 0 Å². The van der Waals surface area contributed by atoms with Gasteiger partial charge in [0, 0.05) is 30.7 Å². The summed E-state index contributed by atoms with van der Waals surface area (Å²) < 4.78 is 35.5. The highest BCUT2D eigenvalue weighted by atomic mass is 32.2. The maximum absolute atomic E-state index is 13.7. The largest absolute Gasteiger partial charge is 0.466 e. The van der Waals surface area contributed by atoms with Gasteiger partial charge in [-0.3, -0.25) is 9.59 Å². The molecule has 2 aromatic carbocycles. The molecule has 9 heteroatoms. The monoisotopic (exact) mass is 527 g/mol. The fraction of sp³-hybridized carbons (Fsp3) is 0.500. The lowest BCUT2D eigenvalue weighted by molar-refractivity contribution is -0.148. The normalized spacial score (nSPS) is 19.4. The zero-order valence-corrected chi connectivity index (χ0v) is 22.4. The summed E-state index contributed by atoms with van der Waals surface area (Å²) in [6.45, 7) is 4.90. The summed E-state index contributed by atoms with van der Waals surface area (Å²) in [7, 11) is -3.97. The van der Waals surface area contributed by atoms with Gasteiger partial charge in [0.05, 0.1) is 18.2 Å². The maximum atomic E-state index is 13.7. The SMILES string of the molecule is CCOC(=O)C1CCCN(c2ccc(NC(=O)C3CCCC3)cc2S(=O)(=O)NC(C)c2ccccc2)C1. The van der Waals surface area contributed by atoms with Crippen molar-refractivity contribution in [2.45, 2.75) is 63.3 Å². The molecule has 2 unspecified atom stereocenters. The van der Waals surface area contributed by atoms with E-state index in [1.165, 1.54) is 6.07 Å².